The zero-order valence-corrected chi connectivity index (χ0v) is 11.6. The highest BCUT2D eigenvalue weighted by Crippen LogP contribution is 2.11. The summed E-state index contributed by atoms with van der Waals surface area (Å²) in [6.45, 7) is 3.95. The molecule has 0 amide bonds. The molecule has 0 spiro atoms. The summed E-state index contributed by atoms with van der Waals surface area (Å²) < 4.78 is 26.0. The van der Waals surface area contributed by atoms with Gasteiger partial charge in [-0.2, -0.15) is 0 Å². The molecule has 6 heteroatoms. The van der Waals surface area contributed by atoms with E-state index in [4.69, 9.17) is 5.73 Å². The molecule has 1 rings (SSSR count). The maximum atomic E-state index is 11.7. The van der Waals surface area contributed by atoms with Gasteiger partial charge in [-0.15, -0.1) is 0 Å². The van der Waals surface area contributed by atoms with Gasteiger partial charge in [0.05, 0.1) is 5.75 Å². The van der Waals surface area contributed by atoms with E-state index in [1.165, 1.54) is 0 Å². The second-order valence-electron chi connectivity index (χ2n) is 4.00. The molecule has 0 aromatic heterocycles. The largest absolute Gasteiger partial charge is 1.00 e. The first-order chi connectivity index (χ1) is 7.44. The van der Waals surface area contributed by atoms with Crippen LogP contribution in [0.4, 0.5) is 0 Å². The fourth-order valence-electron chi connectivity index (χ4n) is 1.50. The van der Waals surface area contributed by atoms with Gasteiger partial charge in [0.25, 0.3) is 0 Å². The Kier molecular flexibility index (Phi) is 6.70. The Bertz CT molecular complexity index is 447. The van der Waals surface area contributed by atoms with Crippen LogP contribution in [0, 0.1) is 0 Å². The van der Waals surface area contributed by atoms with Crippen molar-refractivity contribution in [1.29, 1.82) is 0 Å². The van der Waals surface area contributed by atoms with Crippen molar-refractivity contribution in [2.24, 2.45) is 5.73 Å². The predicted octanol–water partition coefficient (Wildman–Crippen LogP) is -2.02. The molecule has 98 valence electrons. The molecule has 1 aromatic carbocycles. The Morgan fingerprint density at radius 1 is 1.24 bits per heavy atom. The van der Waals surface area contributed by atoms with E-state index in [0.29, 0.717) is 6.54 Å². The molecular weight excluding hydrogens is 260 g/mol. The lowest BCUT2D eigenvalue weighted by atomic mass is 10.1. The van der Waals surface area contributed by atoms with Gasteiger partial charge < -0.3 is 18.1 Å². The topological polar surface area (TPSA) is 72.2 Å². The third-order valence-electron chi connectivity index (χ3n) is 2.10. The maximum Gasteiger partial charge on any atom is 0.216 e. The molecule has 0 saturated carbocycles. The van der Waals surface area contributed by atoms with Gasteiger partial charge in [-0.05, 0) is 25.0 Å². The van der Waals surface area contributed by atoms with Crippen LogP contribution >= 0.6 is 0 Å². The summed E-state index contributed by atoms with van der Waals surface area (Å²) in [7, 11) is -3.27. The van der Waals surface area contributed by atoms with Crippen molar-refractivity contribution in [2.45, 2.75) is 32.2 Å². The average Bonchev–Trinajstić information content (AvgIpc) is 2.15. The van der Waals surface area contributed by atoms with Crippen molar-refractivity contribution >= 4 is 10.0 Å². The lowest BCUT2D eigenvalue weighted by molar-refractivity contribution is -0.00000643. The molecule has 0 heterocycles. The highest BCUT2D eigenvalue weighted by Gasteiger charge is 2.14. The minimum absolute atomic E-state index is 0. The van der Waals surface area contributed by atoms with Gasteiger partial charge in [-0.1, -0.05) is 24.3 Å². The molecule has 17 heavy (non-hydrogen) atoms. The standard InChI is InChI=1S/C11H18N2O2S.ClH/c1-9(2)13-16(14,15)8-11-6-4-3-5-10(11)7-12;/h3-6,9,13H,7-8,12H2,1-2H3;1H/p-1. The van der Waals surface area contributed by atoms with Crippen LogP contribution in [0.15, 0.2) is 24.3 Å². The summed E-state index contributed by atoms with van der Waals surface area (Å²) in [5.41, 5.74) is 7.19. The third kappa shape index (κ3) is 5.50. The van der Waals surface area contributed by atoms with Gasteiger partial charge in [0.1, 0.15) is 0 Å². The molecule has 0 bridgehead atoms. The van der Waals surface area contributed by atoms with Crippen LogP contribution in [0.3, 0.4) is 0 Å². The van der Waals surface area contributed by atoms with Gasteiger partial charge in [0.15, 0.2) is 0 Å². The monoisotopic (exact) mass is 277 g/mol. The SMILES string of the molecule is CC(C)NS(=O)(=O)Cc1ccccc1CN.[Cl-]. The number of nitrogens with two attached hydrogens (primary N) is 1. The van der Waals surface area contributed by atoms with Crippen molar-refractivity contribution in [3.8, 4) is 0 Å². The van der Waals surface area contributed by atoms with Crippen molar-refractivity contribution in [1.82, 2.24) is 4.72 Å². The number of halogens is 1. The van der Waals surface area contributed by atoms with Crippen LogP contribution in [0.1, 0.15) is 25.0 Å². The fourth-order valence-corrected chi connectivity index (χ4v) is 3.00. The van der Waals surface area contributed by atoms with Crippen LogP contribution in [-0.4, -0.2) is 14.5 Å². The summed E-state index contributed by atoms with van der Waals surface area (Å²) in [5.74, 6) is -0.0153. The first-order valence-corrected chi connectivity index (χ1v) is 6.86. The molecule has 3 N–H and O–H groups in total. The minimum Gasteiger partial charge on any atom is -1.00 e. The van der Waals surface area contributed by atoms with Gasteiger partial charge in [-0.3, -0.25) is 0 Å². The molecule has 1 aromatic rings. The van der Waals surface area contributed by atoms with E-state index in [0.717, 1.165) is 11.1 Å². The Labute approximate surface area is 109 Å². The second kappa shape index (κ2) is 6.96. The molecule has 0 atom stereocenters. The smallest absolute Gasteiger partial charge is 0.216 e. The van der Waals surface area contributed by atoms with Crippen molar-refractivity contribution in [3.63, 3.8) is 0 Å². The zero-order valence-electron chi connectivity index (χ0n) is 9.98. The lowest BCUT2D eigenvalue weighted by Gasteiger charge is -2.11. The van der Waals surface area contributed by atoms with E-state index < -0.39 is 10.0 Å². The Morgan fingerprint density at radius 3 is 2.24 bits per heavy atom. The van der Waals surface area contributed by atoms with E-state index in [-0.39, 0.29) is 24.2 Å². The quantitative estimate of drug-likeness (QED) is 0.653. The summed E-state index contributed by atoms with van der Waals surface area (Å²) in [6, 6.07) is 7.23. The molecule has 4 nitrogen and oxygen atoms in total. The van der Waals surface area contributed by atoms with Crippen molar-refractivity contribution in [3.05, 3.63) is 35.4 Å². The highest BCUT2D eigenvalue weighted by atomic mass is 35.5. The van der Waals surface area contributed by atoms with Gasteiger partial charge in [0, 0.05) is 12.6 Å². The molecule has 0 unspecified atom stereocenters. The zero-order chi connectivity index (χ0) is 12.2. The Morgan fingerprint density at radius 2 is 1.76 bits per heavy atom. The van der Waals surface area contributed by atoms with Crippen LogP contribution in [0.2, 0.25) is 0 Å². The molecule has 0 saturated heterocycles. The van der Waals surface area contributed by atoms with E-state index in [2.05, 4.69) is 4.72 Å². The Hall–Kier alpha value is -0.620. The number of sulfonamides is 1. The first kappa shape index (κ1) is 16.4. The highest BCUT2D eigenvalue weighted by molar-refractivity contribution is 7.88. The van der Waals surface area contributed by atoms with Gasteiger partial charge in [0.2, 0.25) is 10.0 Å². The molecule has 0 aliphatic carbocycles. The number of hydrogen-bond acceptors (Lipinski definition) is 3. The average molecular weight is 278 g/mol. The number of nitrogens with one attached hydrogen (secondary N) is 1. The normalized spacial score (nSPS) is 11.3. The van der Waals surface area contributed by atoms with Crippen LogP contribution < -0.4 is 22.9 Å². The fraction of sp³-hybridized carbons (Fsp3) is 0.455. The third-order valence-corrected chi connectivity index (χ3v) is 3.62. The predicted molar refractivity (Wildman–Crippen MR) is 65.2 cm³/mol. The minimum atomic E-state index is -3.27. The van der Waals surface area contributed by atoms with Gasteiger partial charge >= 0.3 is 0 Å². The van der Waals surface area contributed by atoms with E-state index in [1.807, 2.05) is 18.2 Å². The van der Waals surface area contributed by atoms with Crippen LogP contribution in [-0.2, 0) is 22.3 Å². The van der Waals surface area contributed by atoms with Crippen molar-refractivity contribution < 1.29 is 20.8 Å². The number of rotatable bonds is 5. The molecule has 0 aliphatic rings. The first-order valence-electron chi connectivity index (χ1n) is 5.21. The van der Waals surface area contributed by atoms with Crippen LogP contribution in [0.25, 0.3) is 0 Å². The molecule has 0 radical (unpaired) electrons. The number of benzene rings is 1. The molecule has 0 fully saturated rings. The summed E-state index contributed by atoms with van der Waals surface area (Å²) in [6.07, 6.45) is 0. The van der Waals surface area contributed by atoms with Crippen LogP contribution in [0.5, 0.6) is 0 Å². The van der Waals surface area contributed by atoms with E-state index >= 15 is 0 Å². The lowest BCUT2D eigenvalue weighted by Crippen LogP contribution is -3.00. The second-order valence-corrected chi connectivity index (χ2v) is 5.76. The molecular formula is C11H18ClN2O2S-. The van der Waals surface area contributed by atoms with Crippen molar-refractivity contribution in [2.75, 3.05) is 0 Å². The Balaban J connectivity index is 0.00000256. The van der Waals surface area contributed by atoms with E-state index in [1.54, 1.807) is 19.9 Å². The number of hydrogen-bond donors (Lipinski definition) is 2. The summed E-state index contributed by atoms with van der Waals surface area (Å²) in [5, 5.41) is 0. The van der Waals surface area contributed by atoms with E-state index in [9.17, 15) is 8.42 Å². The maximum absolute atomic E-state index is 11.7. The summed E-state index contributed by atoms with van der Waals surface area (Å²) in [4.78, 5) is 0. The molecule has 0 aliphatic heterocycles. The summed E-state index contributed by atoms with van der Waals surface area (Å²) >= 11 is 0. The van der Waals surface area contributed by atoms with Gasteiger partial charge in [-0.25, -0.2) is 13.1 Å².